The van der Waals surface area contributed by atoms with E-state index in [9.17, 15) is 0 Å². The second kappa shape index (κ2) is 6.50. The second-order valence-corrected chi connectivity index (χ2v) is 4.04. The number of pyridine rings is 2. The van der Waals surface area contributed by atoms with Crippen molar-refractivity contribution < 1.29 is 0 Å². The highest BCUT2D eigenvalue weighted by atomic mass is 79.9. The molecule has 0 saturated carbocycles. The van der Waals surface area contributed by atoms with Gasteiger partial charge in [0.1, 0.15) is 0 Å². The maximum absolute atomic E-state index is 4.48. The minimum absolute atomic E-state index is 0. The van der Waals surface area contributed by atoms with Crippen molar-refractivity contribution in [2.45, 2.75) is 26.7 Å². The Balaban J connectivity index is 0.00000144. The molecule has 2 aromatic rings. The van der Waals surface area contributed by atoms with E-state index in [0.717, 1.165) is 35.6 Å². The molecule has 0 saturated heterocycles. The molecule has 0 fully saturated rings. The van der Waals surface area contributed by atoms with Crippen molar-refractivity contribution in [3.63, 3.8) is 0 Å². The Bertz CT molecular complexity index is 438. The van der Waals surface area contributed by atoms with Crippen molar-refractivity contribution in [3.8, 4) is 0 Å². The van der Waals surface area contributed by atoms with E-state index >= 15 is 0 Å². The minimum Gasteiger partial charge on any atom is -0.258 e. The second-order valence-electron chi connectivity index (χ2n) is 4.04. The van der Waals surface area contributed by atoms with Crippen molar-refractivity contribution >= 4 is 17.0 Å². The average Bonchev–Trinajstić information content (AvgIpc) is 2.27. The zero-order valence-electron chi connectivity index (χ0n) is 10.2. The standard InChI is InChI=1S/C14H16N2.BrH/c1-11-5-3-7-13(15-11)9-10-14-8-4-6-12(2)16-14;/h3-8H,9-10H2,1-2H3;1H. The van der Waals surface area contributed by atoms with Crippen LogP contribution in [0.4, 0.5) is 0 Å². The Kier molecular flexibility index (Phi) is 5.29. The number of aromatic nitrogens is 2. The van der Waals surface area contributed by atoms with Crippen LogP contribution in [-0.2, 0) is 12.8 Å². The van der Waals surface area contributed by atoms with E-state index in [1.54, 1.807) is 0 Å². The first-order valence-electron chi connectivity index (χ1n) is 5.59. The molecule has 2 nitrogen and oxygen atoms in total. The fourth-order valence-corrected chi connectivity index (χ4v) is 1.73. The highest BCUT2D eigenvalue weighted by Crippen LogP contribution is 2.05. The third-order valence-electron chi connectivity index (χ3n) is 2.53. The van der Waals surface area contributed by atoms with Gasteiger partial charge in [-0.1, -0.05) is 12.1 Å². The summed E-state index contributed by atoms with van der Waals surface area (Å²) in [6, 6.07) is 12.3. The summed E-state index contributed by atoms with van der Waals surface area (Å²) >= 11 is 0. The molecule has 0 N–H and O–H groups in total. The molecule has 0 spiro atoms. The molecule has 0 aromatic carbocycles. The van der Waals surface area contributed by atoms with Gasteiger partial charge in [0.05, 0.1) is 0 Å². The summed E-state index contributed by atoms with van der Waals surface area (Å²) in [5.74, 6) is 0. The van der Waals surface area contributed by atoms with Crippen LogP contribution < -0.4 is 0 Å². The molecule has 0 radical (unpaired) electrons. The molecule has 3 heteroatoms. The highest BCUT2D eigenvalue weighted by molar-refractivity contribution is 8.93. The lowest BCUT2D eigenvalue weighted by Gasteiger charge is -2.02. The maximum atomic E-state index is 4.48. The van der Waals surface area contributed by atoms with Crippen LogP contribution >= 0.6 is 17.0 Å². The fourth-order valence-electron chi connectivity index (χ4n) is 1.73. The van der Waals surface area contributed by atoms with Gasteiger partial charge in [0.15, 0.2) is 0 Å². The summed E-state index contributed by atoms with van der Waals surface area (Å²) in [6.45, 7) is 4.04. The first-order valence-corrected chi connectivity index (χ1v) is 5.59. The summed E-state index contributed by atoms with van der Waals surface area (Å²) < 4.78 is 0. The Morgan fingerprint density at radius 3 is 1.53 bits per heavy atom. The largest absolute Gasteiger partial charge is 0.258 e. The molecule has 0 unspecified atom stereocenters. The number of nitrogens with zero attached hydrogens (tertiary/aromatic N) is 2. The van der Waals surface area contributed by atoms with Crippen molar-refractivity contribution in [2.24, 2.45) is 0 Å². The van der Waals surface area contributed by atoms with E-state index in [-0.39, 0.29) is 17.0 Å². The van der Waals surface area contributed by atoms with Gasteiger partial charge in [-0.3, -0.25) is 9.97 Å². The Hall–Kier alpha value is -1.22. The summed E-state index contributed by atoms with van der Waals surface area (Å²) in [6.07, 6.45) is 1.91. The van der Waals surface area contributed by atoms with Gasteiger partial charge in [-0.25, -0.2) is 0 Å². The van der Waals surface area contributed by atoms with Crippen LogP contribution in [-0.4, -0.2) is 9.97 Å². The average molecular weight is 293 g/mol. The molecule has 2 rings (SSSR count). The first kappa shape index (κ1) is 13.8. The molecule has 0 aliphatic heterocycles. The van der Waals surface area contributed by atoms with Gasteiger partial charge in [0.25, 0.3) is 0 Å². The summed E-state index contributed by atoms with van der Waals surface area (Å²) in [4.78, 5) is 8.97. The summed E-state index contributed by atoms with van der Waals surface area (Å²) in [7, 11) is 0. The van der Waals surface area contributed by atoms with E-state index in [2.05, 4.69) is 34.2 Å². The van der Waals surface area contributed by atoms with E-state index in [0.29, 0.717) is 0 Å². The molecular weight excluding hydrogens is 276 g/mol. The molecule has 0 atom stereocenters. The van der Waals surface area contributed by atoms with E-state index in [1.165, 1.54) is 0 Å². The van der Waals surface area contributed by atoms with Crippen LogP contribution in [0.2, 0.25) is 0 Å². The van der Waals surface area contributed by atoms with Crippen molar-refractivity contribution in [1.29, 1.82) is 0 Å². The van der Waals surface area contributed by atoms with Gasteiger partial charge in [-0.05, 0) is 51.0 Å². The normalized spacial score (nSPS) is 9.76. The molecule has 90 valence electrons. The van der Waals surface area contributed by atoms with Crippen LogP contribution in [0.1, 0.15) is 22.8 Å². The van der Waals surface area contributed by atoms with Gasteiger partial charge in [-0.2, -0.15) is 0 Å². The zero-order chi connectivity index (χ0) is 11.4. The topological polar surface area (TPSA) is 25.8 Å². The molecule has 0 aliphatic carbocycles. The van der Waals surface area contributed by atoms with Crippen LogP contribution in [0, 0.1) is 13.8 Å². The van der Waals surface area contributed by atoms with Crippen molar-refractivity contribution in [3.05, 3.63) is 59.2 Å². The van der Waals surface area contributed by atoms with E-state index < -0.39 is 0 Å². The molecule has 2 aromatic heterocycles. The van der Waals surface area contributed by atoms with Crippen LogP contribution in [0.15, 0.2) is 36.4 Å². The van der Waals surface area contributed by atoms with Gasteiger partial charge in [-0.15, -0.1) is 17.0 Å². The Morgan fingerprint density at radius 2 is 1.18 bits per heavy atom. The Morgan fingerprint density at radius 1 is 0.765 bits per heavy atom. The van der Waals surface area contributed by atoms with Crippen molar-refractivity contribution in [1.82, 2.24) is 9.97 Å². The van der Waals surface area contributed by atoms with Crippen LogP contribution in [0.3, 0.4) is 0 Å². The summed E-state index contributed by atoms with van der Waals surface area (Å²) in [5.41, 5.74) is 4.44. The number of rotatable bonds is 3. The quantitative estimate of drug-likeness (QED) is 0.866. The monoisotopic (exact) mass is 292 g/mol. The third-order valence-corrected chi connectivity index (χ3v) is 2.53. The van der Waals surface area contributed by atoms with Crippen LogP contribution in [0.5, 0.6) is 0 Å². The molecule has 0 amide bonds. The summed E-state index contributed by atoms with van der Waals surface area (Å²) in [5, 5.41) is 0. The SMILES string of the molecule is Br.Cc1cccc(CCc2cccc(C)n2)n1. The van der Waals surface area contributed by atoms with Gasteiger partial charge in [0, 0.05) is 22.8 Å². The van der Waals surface area contributed by atoms with Gasteiger partial charge in [0.2, 0.25) is 0 Å². The Labute approximate surface area is 113 Å². The van der Waals surface area contributed by atoms with E-state index in [1.807, 2.05) is 26.0 Å². The fraction of sp³-hybridized carbons (Fsp3) is 0.286. The smallest absolute Gasteiger partial charge is 0.0410 e. The zero-order valence-corrected chi connectivity index (χ0v) is 11.9. The highest BCUT2D eigenvalue weighted by Gasteiger charge is 1.98. The third kappa shape index (κ3) is 4.27. The molecular formula is C14H17BrN2. The lowest BCUT2D eigenvalue weighted by Crippen LogP contribution is -1.98. The predicted molar refractivity (Wildman–Crippen MR) is 75.7 cm³/mol. The number of hydrogen-bond acceptors (Lipinski definition) is 2. The number of hydrogen-bond donors (Lipinski definition) is 0. The number of halogens is 1. The van der Waals surface area contributed by atoms with Gasteiger partial charge < -0.3 is 0 Å². The lowest BCUT2D eigenvalue weighted by atomic mass is 10.1. The molecule has 2 heterocycles. The maximum Gasteiger partial charge on any atom is 0.0410 e. The minimum atomic E-state index is 0. The van der Waals surface area contributed by atoms with Gasteiger partial charge >= 0.3 is 0 Å². The molecule has 0 aliphatic rings. The predicted octanol–water partition coefficient (Wildman–Crippen LogP) is 3.46. The lowest BCUT2D eigenvalue weighted by molar-refractivity contribution is 0.866. The van der Waals surface area contributed by atoms with Crippen LogP contribution in [0.25, 0.3) is 0 Å². The number of aryl methyl sites for hydroxylation is 4. The first-order chi connectivity index (χ1) is 7.74. The van der Waals surface area contributed by atoms with E-state index in [4.69, 9.17) is 0 Å². The molecule has 17 heavy (non-hydrogen) atoms. The molecule has 0 bridgehead atoms. The van der Waals surface area contributed by atoms with Crippen molar-refractivity contribution in [2.75, 3.05) is 0 Å².